The number of nitrogens with zero attached hydrogens (tertiary/aromatic N) is 1. The summed E-state index contributed by atoms with van der Waals surface area (Å²) < 4.78 is 0. The van der Waals surface area contributed by atoms with Crippen molar-refractivity contribution in [2.45, 2.75) is 200 Å². The molecule has 0 aromatic carbocycles. The first kappa shape index (κ1) is 37.3. The third kappa shape index (κ3) is 24.3. The highest BCUT2D eigenvalue weighted by molar-refractivity contribution is 6.06. The summed E-state index contributed by atoms with van der Waals surface area (Å²) in [6.45, 7) is 4.55. The van der Waals surface area contributed by atoms with Gasteiger partial charge in [0, 0.05) is 12.8 Å². The molecule has 0 spiro atoms. The van der Waals surface area contributed by atoms with Gasteiger partial charge in [-0.15, -0.1) is 0 Å². The summed E-state index contributed by atoms with van der Waals surface area (Å²) in [6, 6.07) is -0.523. The number of unbranched alkanes of at least 4 members (excludes halogenated alkanes) is 24. The molecular weight excluding hydrogens is 466 g/mol. The molecule has 0 saturated heterocycles. The lowest BCUT2D eigenvalue weighted by Gasteiger charge is -2.22. The second-order valence-electron chi connectivity index (χ2n) is 12.3. The van der Waals surface area contributed by atoms with Crippen molar-refractivity contribution in [2.24, 2.45) is 0 Å². The molecule has 0 unspecified atom stereocenters. The Hall–Kier alpha value is -0.700. The molecule has 38 heavy (non-hydrogen) atoms. The van der Waals surface area contributed by atoms with E-state index in [4.69, 9.17) is 0 Å². The summed E-state index contributed by atoms with van der Waals surface area (Å²) in [5.74, 6) is 0.274. The van der Waals surface area contributed by atoms with E-state index < -0.39 is 6.04 Å². The number of carbonyl (C=O) groups is 2. The van der Waals surface area contributed by atoms with E-state index in [1.165, 1.54) is 141 Å². The van der Waals surface area contributed by atoms with E-state index in [1.807, 2.05) is 19.0 Å². The molecule has 0 aliphatic rings. The Morgan fingerprint density at radius 2 is 0.605 bits per heavy atom. The quantitative estimate of drug-likeness (QED) is 0.0654. The fourth-order valence-electron chi connectivity index (χ4n) is 5.66. The Morgan fingerprint density at radius 1 is 0.395 bits per heavy atom. The molecule has 3 heteroatoms. The Labute approximate surface area is 239 Å². The Bertz CT molecular complexity index is 474. The van der Waals surface area contributed by atoms with E-state index in [-0.39, 0.29) is 11.6 Å². The van der Waals surface area contributed by atoms with Gasteiger partial charge in [0.05, 0.1) is 0 Å². The van der Waals surface area contributed by atoms with Crippen LogP contribution < -0.4 is 0 Å². The maximum Gasteiger partial charge on any atom is 0.157 e. The summed E-state index contributed by atoms with van der Waals surface area (Å²) >= 11 is 0. The number of hydrogen-bond donors (Lipinski definition) is 0. The Kier molecular flexibility index (Phi) is 28.7. The molecule has 0 aromatic heterocycles. The highest BCUT2D eigenvalue weighted by Crippen LogP contribution is 2.16. The lowest BCUT2D eigenvalue weighted by molar-refractivity contribution is -0.133. The SMILES string of the molecule is CCCCCCCCCCCCCCCC(=O)C(C(=O)CCCCCCCCCCCCCCC)N(C)C. The van der Waals surface area contributed by atoms with Crippen LogP contribution in [0.2, 0.25) is 0 Å². The average Bonchev–Trinajstić information content (AvgIpc) is 2.89. The molecule has 0 radical (unpaired) electrons. The van der Waals surface area contributed by atoms with E-state index in [0.717, 1.165) is 25.7 Å². The van der Waals surface area contributed by atoms with E-state index in [9.17, 15) is 9.59 Å². The van der Waals surface area contributed by atoms with Crippen molar-refractivity contribution in [1.29, 1.82) is 0 Å². The second kappa shape index (κ2) is 29.3. The smallest absolute Gasteiger partial charge is 0.157 e. The number of Topliss-reactive ketones (excluding diaryl/α,β-unsaturated/α-hetero) is 2. The molecule has 0 heterocycles. The zero-order chi connectivity index (χ0) is 28.1. The average molecular weight is 536 g/mol. The minimum Gasteiger partial charge on any atom is -0.297 e. The monoisotopic (exact) mass is 536 g/mol. The first-order valence-corrected chi connectivity index (χ1v) is 17.3. The number of likely N-dealkylation sites (N-methyl/N-ethyl adjacent to an activating group) is 1. The lowest BCUT2D eigenvalue weighted by atomic mass is 9.96. The van der Waals surface area contributed by atoms with Crippen LogP contribution in [0.15, 0.2) is 0 Å². The molecular formula is C35H69NO2. The fourth-order valence-corrected chi connectivity index (χ4v) is 5.66. The number of carbonyl (C=O) groups excluding carboxylic acids is 2. The van der Waals surface area contributed by atoms with Gasteiger partial charge in [0.25, 0.3) is 0 Å². The molecule has 0 bridgehead atoms. The summed E-state index contributed by atoms with van der Waals surface area (Å²) in [6.07, 6.45) is 35.2. The van der Waals surface area contributed by atoms with Crippen LogP contribution in [-0.4, -0.2) is 36.6 Å². The molecule has 0 aromatic rings. The minimum absolute atomic E-state index is 0.137. The van der Waals surface area contributed by atoms with Crippen LogP contribution in [0.3, 0.4) is 0 Å². The van der Waals surface area contributed by atoms with E-state index in [0.29, 0.717) is 12.8 Å². The molecule has 0 rings (SSSR count). The predicted octanol–water partition coefficient (Wildman–Crippen LogP) is 11.0. The van der Waals surface area contributed by atoms with Gasteiger partial charge in [-0.25, -0.2) is 0 Å². The lowest BCUT2D eigenvalue weighted by Crippen LogP contribution is -2.42. The summed E-state index contributed by atoms with van der Waals surface area (Å²) in [5.41, 5.74) is 0. The fraction of sp³-hybridized carbons (Fsp3) is 0.943. The maximum atomic E-state index is 12.8. The standard InChI is InChI=1S/C35H69NO2/c1-5-7-9-11-13-15-17-19-21-23-25-27-29-31-33(37)35(36(3)4)34(38)32-30-28-26-24-22-20-18-16-14-12-10-8-6-2/h35H,5-32H2,1-4H3. The first-order valence-electron chi connectivity index (χ1n) is 17.3. The Balaban J connectivity index is 3.71. The van der Waals surface area contributed by atoms with Gasteiger partial charge in [-0.1, -0.05) is 168 Å². The Morgan fingerprint density at radius 3 is 0.816 bits per heavy atom. The molecule has 0 aliphatic carbocycles. The number of ketones is 2. The van der Waals surface area contributed by atoms with Gasteiger partial charge < -0.3 is 0 Å². The third-order valence-electron chi connectivity index (χ3n) is 8.18. The molecule has 3 nitrogen and oxygen atoms in total. The largest absolute Gasteiger partial charge is 0.297 e. The van der Waals surface area contributed by atoms with Crippen molar-refractivity contribution in [1.82, 2.24) is 4.90 Å². The van der Waals surface area contributed by atoms with Gasteiger partial charge in [-0.2, -0.15) is 0 Å². The molecule has 0 fully saturated rings. The van der Waals surface area contributed by atoms with Gasteiger partial charge in [0.15, 0.2) is 11.6 Å². The molecule has 0 aliphatic heterocycles. The zero-order valence-electron chi connectivity index (χ0n) is 26.6. The maximum absolute atomic E-state index is 12.8. The van der Waals surface area contributed by atoms with Crippen molar-refractivity contribution < 1.29 is 9.59 Å². The van der Waals surface area contributed by atoms with Crippen LogP contribution in [0.4, 0.5) is 0 Å². The van der Waals surface area contributed by atoms with Crippen molar-refractivity contribution in [3.63, 3.8) is 0 Å². The van der Waals surface area contributed by atoms with Crippen LogP contribution in [0.25, 0.3) is 0 Å². The van der Waals surface area contributed by atoms with Gasteiger partial charge in [0.1, 0.15) is 6.04 Å². The summed E-state index contributed by atoms with van der Waals surface area (Å²) in [7, 11) is 3.77. The van der Waals surface area contributed by atoms with Gasteiger partial charge in [0.2, 0.25) is 0 Å². The van der Waals surface area contributed by atoms with E-state index in [1.54, 1.807) is 0 Å². The van der Waals surface area contributed by atoms with Crippen LogP contribution >= 0.6 is 0 Å². The van der Waals surface area contributed by atoms with Crippen molar-refractivity contribution in [2.75, 3.05) is 14.1 Å². The normalized spacial score (nSPS) is 11.6. The molecule has 0 saturated carbocycles. The summed E-state index contributed by atoms with van der Waals surface area (Å²) in [4.78, 5) is 27.4. The van der Waals surface area contributed by atoms with E-state index in [2.05, 4.69) is 13.8 Å². The van der Waals surface area contributed by atoms with Crippen molar-refractivity contribution >= 4 is 11.6 Å². The highest BCUT2D eigenvalue weighted by atomic mass is 16.2. The number of rotatable bonds is 31. The van der Waals surface area contributed by atoms with E-state index >= 15 is 0 Å². The molecule has 0 amide bonds. The second-order valence-corrected chi connectivity index (χ2v) is 12.3. The summed E-state index contributed by atoms with van der Waals surface area (Å²) in [5, 5.41) is 0. The van der Waals surface area contributed by atoms with Crippen molar-refractivity contribution in [3.05, 3.63) is 0 Å². The molecule has 0 N–H and O–H groups in total. The van der Waals surface area contributed by atoms with Crippen LogP contribution in [0.5, 0.6) is 0 Å². The third-order valence-corrected chi connectivity index (χ3v) is 8.18. The molecule has 0 atom stereocenters. The highest BCUT2D eigenvalue weighted by Gasteiger charge is 2.27. The number of hydrogen-bond acceptors (Lipinski definition) is 3. The van der Waals surface area contributed by atoms with Gasteiger partial charge >= 0.3 is 0 Å². The van der Waals surface area contributed by atoms with Crippen LogP contribution in [-0.2, 0) is 9.59 Å². The molecule has 226 valence electrons. The minimum atomic E-state index is -0.523. The topological polar surface area (TPSA) is 37.4 Å². The van der Waals surface area contributed by atoms with Gasteiger partial charge in [-0.3, -0.25) is 14.5 Å². The predicted molar refractivity (Wildman–Crippen MR) is 168 cm³/mol. The van der Waals surface area contributed by atoms with Crippen LogP contribution in [0, 0.1) is 0 Å². The van der Waals surface area contributed by atoms with Gasteiger partial charge in [-0.05, 0) is 26.9 Å². The van der Waals surface area contributed by atoms with Crippen LogP contribution in [0.1, 0.15) is 194 Å². The van der Waals surface area contributed by atoms with Crippen molar-refractivity contribution in [3.8, 4) is 0 Å². The zero-order valence-corrected chi connectivity index (χ0v) is 26.6. The first-order chi connectivity index (χ1) is 18.5.